The van der Waals surface area contributed by atoms with Crippen molar-refractivity contribution in [1.29, 1.82) is 0 Å². The molecule has 0 saturated carbocycles. The summed E-state index contributed by atoms with van der Waals surface area (Å²) in [6, 6.07) is 75.9. The molecule has 65 heavy (non-hydrogen) atoms. The third-order valence-electron chi connectivity index (χ3n) is 12.3. The lowest BCUT2D eigenvalue weighted by atomic mass is 9.93. The molecule has 0 aliphatic rings. The number of aromatic nitrogens is 1. The molecule has 1 heterocycles. The van der Waals surface area contributed by atoms with Gasteiger partial charge >= 0.3 is 0 Å². The highest BCUT2D eigenvalue weighted by Gasteiger charge is 2.19. The van der Waals surface area contributed by atoms with Gasteiger partial charge in [0.2, 0.25) is 5.89 Å². The Morgan fingerprint density at radius 1 is 0.446 bits per heavy atom. The van der Waals surface area contributed by atoms with Gasteiger partial charge in [0.05, 0.1) is 0 Å². The van der Waals surface area contributed by atoms with Crippen LogP contribution in [-0.4, -0.2) is 4.98 Å². The van der Waals surface area contributed by atoms with Gasteiger partial charge in [-0.3, -0.25) is 0 Å². The van der Waals surface area contributed by atoms with E-state index in [2.05, 4.69) is 206 Å². The standard InChI is InChI=1S/C62H44N2O/c1-2-3-4-5-7-18-47-19-12-17-28-59(47)64(52-39-35-45(36-40-52)57-41-49-22-10-13-24-53(49)55-26-15-16-27-56(55)57)51-37-33-44(34-38-51)43-29-31-46(32-30-43)58-42-50-23-11-14-25-54(50)60-61(58)65-62(63-60)48-20-8-6-9-21-48/h2-17,19-42H,1,18H2/b4-3-,7-5-. The van der Waals surface area contributed by atoms with E-state index >= 15 is 0 Å². The van der Waals surface area contributed by atoms with Gasteiger partial charge in [-0.1, -0.05) is 195 Å². The van der Waals surface area contributed by atoms with E-state index in [9.17, 15) is 0 Å². The number of nitrogens with zero attached hydrogens (tertiary/aromatic N) is 2. The minimum absolute atomic E-state index is 0.623. The summed E-state index contributed by atoms with van der Waals surface area (Å²) in [6.45, 7) is 3.81. The van der Waals surface area contributed by atoms with Gasteiger partial charge in [0.25, 0.3) is 0 Å². The summed E-state index contributed by atoms with van der Waals surface area (Å²) in [5.74, 6) is 0.623. The molecule has 0 N–H and O–H groups in total. The lowest BCUT2D eigenvalue weighted by Crippen LogP contribution is -2.12. The van der Waals surface area contributed by atoms with Crippen LogP contribution in [0.5, 0.6) is 0 Å². The molecular formula is C62H44N2O. The second kappa shape index (κ2) is 17.3. The van der Waals surface area contributed by atoms with E-state index in [1.165, 1.54) is 38.2 Å². The number of oxazole rings is 1. The topological polar surface area (TPSA) is 29.3 Å². The summed E-state index contributed by atoms with van der Waals surface area (Å²) in [4.78, 5) is 7.40. The van der Waals surface area contributed by atoms with Crippen LogP contribution < -0.4 is 4.90 Å². The average molecular weight is 833 g/mol. The predicted molar refractivity (Wildman–Crippen MR) is 275 cm³/mol. The Hall–Kier alpha value is -8.53. The van der Waals surface area contributed by atoms with Gasteiger partial charge in [-0.25, -0.2) is 4.98 Å². The number of para-hydroxylation sites is 1. The maximum atomic E-state index is 6.55. The molecule has 0 atom stereocenters. The van der Waals surface area contributed by atoms with Gasteiger partial charge in [0.1, 0.15) is 5.52 Å². The third kappa shape index (κ3) is 7.60. The summed E-state index contributed by atoms with van der Waals surface area (Å²) < 4.78 is 6.55. The van der Waals surface area contributed by atoms with E-state index in [1.807, 2.05) is 42.5 Å². The van der Waals surface area contributed by atoms with Crippen molar-refractivity contribution < 1.29 is 4.42 Å². The van der Waals surface area contributed by atoms with Gasteiger partial charge in [0.15, 0.2) is 5.58 Å². The molecular weight excluding hydrogens is 789 g/mol. The summed E-state index contributed by atoms with van der Waals surface area (Å²) in [7, 11) is 0. The number of rotatable bonds is 11. The van der Waals surface area contributed by atoms with Gasteiger partial charge in [0, 0.05) is 33.6 Å². The van der Waals surface area contributed by atoms with E-state index < -0.39 is 0 Å². The first-order chi connectivity index (χ1) is 32.2. The zero-order valence-electron chi connectivity index (χ0n) is 35.8. The van der Waals surface area contributed by atoms with Crippen molar-refractivity contribution in [2.75, 3.05) is 4.90 Å². The van der Waals surface area contributed by atoms with Gasteiger partial charge < -0.3 is 9.32 Å². The van der Waals surface area contributed by atoms with Crippen LogP contribution in [-0.2, 0) is 6.42 Å². The van der Waals surface area contributed by atoms with E-state index in [-0.39, 0.29) is 0 Å². The first-order valence-electron chi connectivity index (χ1n) is 22.1. The predicted octanol–water partition coefficient (Wildman–Crippen LogP) is 17.3. The first kappa shape index (κ1) is 39.3. The molecule has 0 fully saturated rings. The molecule has 0 spiro atoms. The van der Waals surface area contributed by atoms with Crippen LogP contribution in [0.1, 0.15) is 5.56 Å². The van der Waals surface area contributed by atoms with Crippen LogP contribution in [0.15, 0.2) is 254 Å². The molecule has 10 aromatic carbocycles. The molecule has 0 unspecified atom stereocenters. The summed E-state index contributed by atoms with van der Waals surface area (Å²) in [5, 5.41) is 7.25. The Balaban J connectivity index is 0.951. The Morgan fingerprint density at radius 2 is 0.985 bits per heavy atom. The smallest absolute Gasteiger partial charge is 0.227 e. The van der Waals surface area contributed by atoms with Gasteiger partial charge in [-0.15, -0.1) is 0 Å². The second-order valence-electron chi connectivity index (χ2n) is 16.3. The van der Waals surface area contributed by atoms with E-state index in [0.29, 0.717) is 5.89 Å². The molecule has 3 nitrogen and oxygen atoms in total. The Bertz CT molecular complexity index is 3560. The molecule has 11 rings (SSSR count). The molecule has 308 valence electrons. The van der Waals surface area contributed by atoms with Crippen LogP contribution in [0, 0.1) is 0 Å². The first-order valence-corrected chi connectivity index (χ1v) is 22.1. The second-order valence-corrected chi connectivity index (χ2v) is 16.3. The van der Waals surface area contributed by atoms with Crippen LogP contribution >= 0.6 is 0 Å². The zero-order chi connectivity index (χ0) is 43.5. The third-order valence-corrected chi connectivity index (χ3v) is 12.3. The van der Waals surface area contributed by atoms with Crippen molar-refractivity contribution in [3.63, 3.8) is 0 Å². The minimum atomic E-state index is 0.623. The number of allylic oxidation sites excluding steroid dienone is 5. The lowest BCUT2D eigenvalue weighted by Gasteiger charge is -2.28. The molecule has 0 aliphatic carbocycles. The van der Waals surface area contributed by atoms with Gasteiger partial charge in [-0.05, 0) is 121 Å². The molecule has 0 radical (unpaired) electrons. The van der Waals surface area contributed by atoms with Crippen molar-refractivity contribution in [1.82, 2.24) is 4.98 Å². The van der Waals surface area contributed by atoms with Gasteiger partial charge in [-0.2, -0.15) is 0 Å². The molecule has 0 saturated heterocycles. The summed E-state index contributed by atoms with van der Waals surface area (Å²) in [5.41, 5.74) is 13.9. The average Bonchev–Trinajstić information content (AvgIpc) is 3.83. The highest BCUT2D eigenvalue weighted by Crippen LogP contribution is 2.42. The minimum Gasteiger partial charge on any atom is -0.435 e. The number of hydrogen-bond acceptors (Lipinski definition) is 3. The fourth-order valence-electron chi connectivity index (χ4n) is 9.14. The van der Waals surface area contributed by atoms with Crippen molar-refractivity contribution >= 4 is 60.5 Å². The quantitative estimate of drug-likeness (QED) is 0.0960. The zero-order valence-corrected chi connectivity index (χ0v) is 35.8. The summed E-state index contributed by atoms with van der Waals surface area (Å²) >= 11 is 0. The fraction of sp³-hybridized carbons (Fsp3) is 0.0161. The van der Waals surface area contributed by atoms with E-state index in [1.54, 1.807) is 6.08 Å². The maximum Gasteiger partial charge on any atom is 0.227 e. The fourth-order valence-corrected chi connectivity index (χ4v) is 9.14. The van der Waals surface area contributed by atoms with Crippen molar-refractivity contribution in [3.8, 4) is 44.8 Å². The molecule has 11 aromatic rings. The van der Waals surface area contributed by atoms with Crippen LogP contribution in [0.4, 0.5) is 17.1 Å². The highest BCUT2D eigenvalue weighted by atomic mass is 16.3. The lowest BCUT2D eigenvalue weighted by molar-refractivity contribution is 0.621. The SMILES string of the molecule is C=C/C=C\C=C/Cc1ccccc1N(c1ccc(-c2ccc(-c3cc4ccccc4c4nc(-c5ccccc5)oc34)cc2)cc1)c1ccc(-c2cc3ccccc3c3ccccc23)cc1. The molecule has 1 aromatic heterocycles. The normalized spacial score (nSPS) is 11.7. The van der Waals surface area contributed by atoms with Crippen molar-refractivity contribution in [2.24, 2.45) is 0 Å². The van der Waals surface area contributed by atoms with Crippen LogP contribution in [0.3, 0.4) is 0 Å². The molecule has 3 heteroatoms. The van der Waals surface area contributed by atoms with Crippen LogP contribution in [0.2, 0.25) is 0 Å². The molecule has 0 amide bonds. The highest BCUT2D eigenvalue weighted by molar-refractivity contribution is 6.14. The maximum absolute atomic E-state index is 6.55. The van der Waals surface area contributed by atoms with Crippen molar-refractivity contribution in [2.45, 2.75) is 6.42 Å². The molecule has 0 aliphatic heterocycles. The number of anilines is 3. The van der Waals surface area contributed by atoms with Crippen LogP contribution in [0.25, 0.3) is 88.3 Å². The number of fused-ring (bicyclic) bond motifs is 6. The largest absolute Gasteiger partial charge is 0.435 e. The Morgan fingerprint density at radius 3 is 1.71 bits per heavy atom. The number of hydrogen-bond donors (Lipinski definition) is 0. The van der Waals surface area contributed by atoms with E-state index in [0.717, 1.165) is 73.2 Å². The van der Waals surface area contributed by atoms with E-state index in [4.69, 9.17) is 9.40 Å². The Kier molecular flexibility index (Phi) is 10.5. The summed E-state index contributed by atoms with van der Waals surface area (Å²) in [6.07, 6.45) is 10.8. The monoisotopic (exact) mass is 832 g/mol. The Labute approximate surface area is 379 Å². The molecule has 0 bridgehead atoms. The van der Waals surface area contributed by atoms with Crippen molar-refractivity contribution in [3.05, 3.63) is 255 Å². The number of benzene rings is 10.